The molecule has 3 N–H and O–H groups in total. The summed E-state index contributed by atoms with van der Waals surface area (Å²) in [5, 5.41) is 0. The predicted octanol–water partition coefficient (Wildman–Crippen LogP) is 0.242. The van der Waals surface area contributed by atoms with Crippen LogP contribution in [0.5, 0.6) is 0 Å². The first-order valence-electron chi connectivity index (χ1n) is 5.26. The molecule has 0 aromatic rings. The zero-order valence-electron chi connectivity index (χ0n) is 9.68. The van der Waals surface area contributed by atoms with Crippen LogP contribution in [0.25, 0.3) is 0 Å². The van der Waals surface area contributed by atoms with Crippen LogP contribution in [-0.2, 0) is 14.8 Å². The monoisotopic (exact) mass is 272 g/mol. The molecular weight excluding hydrogens is 252 g/mol. The number of hydrogen-bond acceptors (Lipinski definition) is 4. The lowest BCUT2D eigenvalue weighted by molar-refractivity contribution is 0.0910. The summed E-state index contributed by atoms with van der Waals surface area (Å²) in [6.07, 6.45) is 1.55. The van der Waals surface area contributed by atoms with Crippen LogP contribution < -0.4 is 10.5 Å². The van der Waals surface area contributed by atoms with Gasteiger partial charge in [0.05, 0.1) is 18.5 Å². The van der Waals surface area contributed by atoms with Crippen LogP contribution in [0.3, 0.4) is 0 Å². The van der Waals surface area contributed by atoms with Gasteiger partial charge in [-0.1, -0.05) is 0 Å². The number of nitrogens with two attached hydrogens (primary N) is 1. The maximum absolute atomic E-state index is 11.5. The van der Waals surface area contributed by atoms with E-state index >= 15 is 0 Å². The van der Waals surface area contributed by atoms with E-state index in [1.807, 2.05) is 13.8 Å². The maximum atomic E-state index is 11.5. The van der Waals surface area contributed by atoms with Crippen LogP contribution in [0, 0.1) is 0 Å². The minimum absolute atomic E-state index is 0. The molecule has 5 nitrogen and oxygen atoms in total. The minimum Gasteiger partial charge on any atom is -0.378 e. The molecule has 98 valence electrons. The van der Waals surface area contributed by atoms with Crippen molar-refractivity contribution in [2.45, 2.75) is 44.9 Å². The smallest absolute Gasteiger partial charge is 0.214 e. The van der Waals surface area contributed by atoms with E-state index in [0.29, 0.717) is 0 Å². The van der Waals surface area contributed by atoms with E-state index in [9.17, 15) is 8.42 Å². The van der Waals surface area contributed by atoms with Crippen LogP contribution in [0.2, 0.25) is 0 Å². The van der Waals surface area contributed by atoms with Crippen molar-refractivity contribution in [3.05, 3.63) is 0 Å². The summed E-state index contributed by atoms with van der Waals surface area (Å²) in [4.78, 5) is 0. The quantitative estimate of drug-likeness (QED) is 0.726. The van der Waals surface area contributed by atoms with Crippen molar-refractivity contribution in [2.24, 2.45) is 5.73 Å². The second kappa shape index (κ2) is 6.76. The third kappa shape index (κ3) is 6.00. The topological polar surface area (TPSA) is 81.4 Å². The van der Waals surface area contributed by atoms with Crippen LogP contribution in [0.1, 0.15) is 26.7 Å². The Morgan fingerprint density at radius 2 is 2.00 bits per heavy atom. The number of rotatable bonds is 6. The zero-order chi connectivity index (χ0) is 11.5. The van der Waals surface area contributed by atoms with Crippen molar-refractivity contribution < 1.29 is 13.2 Å². The summed E-state index contributed by atoms with van der Waals surface area (Å²) in [6.45, 7) is 4.00. The molecule has 0 aliphatic heterocycles. The molecule has 0 unspecified atom stereocenters. The molecule has 16 heavy (non-hydrogen) atoms. The highest BCUT2D eigenvalue weighted by molar-refractivity contribution is 7.89. The van der Waals surface area contributed by atoms with Gasteiger partial charge in [0.1, 0.15) is 0 Å². The summed E-state index contributed by atoms with van der Waals surface area (Å²) in [5.74, 6) is 0.0247. The molecule has 1 aliphatic rings. The average molecular weight is 273 g/mol. The first kappa shape index (κ1) is 16.1. The van der Waals surface area contributed by atoms with Crippen molar-refractivity contribution in [3.63, 3.8) is 0 Å². The van der Waals surface area contributed by atoms with Crippen molar-refractivity contribution >= 4 is 22.4 Å². The lowest BCUT2D eigenvalue weighted by atomic mass is 9.89. The third-order valence-electron chi connectivity index (χ3n) is 2.32. The molecule has 1 fully saturated rings. The van der Waals surface area contributed by atoms with Crippen molar-refractivity contribution in [3.8, 4) is 0 Å². The van der Waals surface area contributed by atoms with Gasteiger partial charge in [-0.25, -0.2) is 13.1 Å². The highest BCUT2D eigenvalue weighted by Crippen LogP contribution is 2.18. The second-order valence-corrected chi connectivity index (χ2v) is 6.16. The first-order valence-corrected chi connectivity index (χ1v) is 6.91. The minimum atomic E-state index is -3.19. The number of ether oxygens (including phenoxy) is 1. The molecule has 0 saturated heterocycles. The fourth-order valence-corrected chi connectivity index (χ4v) is 2.60. The van der Waals surface area contributed by atoms with E-state index in [1.54, 1.807) is 0 Å². The van der Waals surface area contributed by atoms with Gasteiger partial charge in [-0.3, -0.25) is 0 Å². The third-order valence-corrected chi connectivity index (χ3v) is 3.72. The number of nitrogens with one attached hydrogen (secondary N) is 1. The highest BCUT2D eigenvalue weighted by Gasteiger charge is 2.29. The van der Waals surface area contributed by atoms with Gasteiger partial charge in [0.25, 0.3) is 0 Å². The Kier molecular flexibility index (Phi) is 6.81. The van der Waals surface area contributed by atoms with Gasteiger partial charge in [0, 0.05) is 12.1 Å². The van der Waals surface area contributed by atoms with Crippen LogP contribution >= 0.6 is 12.4 Å². The van der Waals surface area contributed by atoms with E-state index < -0.39 is 10.0 Å². The van der Waals surface area contributed by atoms with Gasteiger partial charge >= 0.3 is 0 Å². The van der Waals surface area contributed by atoms with Crippen molar-refractivity contribution in [1.82, 2.24) is 4.72 Å². The largest absolute Gasteiger partial charge is 0.378 e. The van der Waals surface area contributed by atoms with Crippen LogP contribution in [0.4, 0.5) is 0 Å². The Bertz CT molecular complexity index is 289. The van der Waals surface area contributed by atoms with Gasteiger partial charge in [0.2, 0.25) is 10.0 Å². The molecule has 0 radical (unpaired) electrons. The Morgan fingerprint density at radius 1 is 1.44 bits per heavy atom. The Balaban J connectivity index is 0.00000225. The van der Waals surface area contributed by atoms with Crippen molar-refractivity contribution in [2.75, 3.05) is 12.4 Å². The van der Waals surface area contributed by atoms with Crippen LogP contribution in [-0.4, -0.2) is 39.0 Å². The highest BCUT2D eigenvalue weighted by atomic mass is 35.5. The predicted molar refractivity (Wildman–Crippen MR) is 66.3 cm³/mol. The number of hydrogen-bond donors (Lipinski definition) is 2. The molecule has 0 spiro atoms. The summed E-state index contributed by atoms with van der Waals surface area (Å²) in [7, 11) is -3.19. The van der Waals surface area contributed by atoms with Gasteiger partial charge in [-0.15, -0.1) is 12.4 Å². The Morgan fingerprint density at radius 3 is 2.44 bits per heavy atom. The van der Waals surface area contributed by atoms with Crippen molar-refractivity contribution in [1.29, 1.82) is 0 Å². The van der Waals surface area contributed by atoms with Gasteiger partial charge in [0.15, 0.2) is 0 Å². The summed E-state index contributed by atoms with van der Waals surface area (Å²) in [6, 6.07) is 0.189. The second-order valence-electron chi connectivity index (χ2n) is 4.28. The number of halogens is 1. The van der Waals surface area contributed by atoms with E-state index in [1.165, 1.54) is 0 Å². The van der Waals surface area contributed by atoms with Gasteiger partial charge < -0.3 is 10.5 Å². The lowest BCUT2D eigenvalue weighted by Crippen LogP contribution is -2.51. The van der Waals surface area contributed by atoms with Gasteiger partial charge in [-0.05, 0) is 26.7 Å². The fraction of sp³-hybridized carbons (Fsp3) is 1.00. The average Bonchev–Trinajstić information content (AvgIpc) is 1.99. The van der Waals surface area contributed by atoms with Gasteiger partial charge in [-0.2, -0.15) is 0 Å². The zero-order valence-corrected chi connectivity index (χ0v) is 11.3. The summed E-state index contributed by atoms with van der Waals surface area (Å²) < 4.78 is 30.8. The molecule has 1 aliphatic carbocycles. The van der Waals surface area contributed by atoms with E-state index in [2.05, 4.69) is 4.72 Å². The van der Waals surface area contributed by atoms with E-state index in [4.69, 9.17) is 10.5 Å². The molecule has 0 heterocycles. The van der Waals surface area contributed by atoms with E-state index in [0.717, 1.165) is 12.8 Å². The Hall–Kier alpha value is 0.120. The SMILES string of the molecule is CC(C)OCCS(=O)(=O)NC1CC(N)C1.Cl. The molecule has 0 aromatic heterocycles. The molecule has 0 atom stereocenters. The fourth-order valence-electron chi connectivity index (χ4n) is 1.46. The first-order chi connectivity index (χ1) is 6.89. The molecule has 0 bridgehead atoms. The molecule has 1 saturated carbocycles. The molecule has 0 amide bonds. The molecule has 1 rings (SSSR count). The van der Waals surface area contributed by atoms with Crippen LogP contribution in [0.15, 0.2) is 0 Å². The molecular formula is C9H21ClN2O3S. The standard InChI is InChI=1S/C9H20N2O3S.ClH/c1-7(2)14-3-4-15(12,13)11-9-5-8(10)6-9;/h7-9,11H,3-6,10H2,1-2H3;1H. The molecule has 0 aromatic carbocycles. The lowest BCUT2D eigenvalue weighted by Gasteiger charge is -2.32. The van der Waals surface area contributed by atoms with E-state index in [-0.39, 0.29) is 43.0 Å². The summed E-state index contributed by atoms with van der Waals surface area (Å²) in [5.41, 5.74) is 5.57. The Labute approximate surface area is 104 Å². The molecule has 7 heteroatoms. The maximum Gasteiger partial charge on any atom is 0.214 e. The normalized spacial score (nSPS) is 25.0. The number of sulfonamides is 1. The summed E-state index contributed by atoms with van der Waals surface area (Å²) >= 11 is 0.